The van der Waals surface area contributed by atoms with Crippen LogP contribution in [0.25, 0.3) is 11.1 Å². The first-order chi connectivity index (χ1) is 17.0. The number of hydrogen-bond donors (Lipinski definition) is 2. The van der Waals surface area contributed by atoms with E-state index in [1.165, 1.54) is 12.1 Å². The third kappa shape index (κ3) is 4.94. The zero-order valence-corrected chi connectivity index (χ0v) is 20.1. The number of amides is 1. The normalized spacial score (nSPS) is 16.8. The van der Waals surface area contributed by atoms with Crippen LogP contribution in [0, 0.1) is 13.8 Å². The summed E-state index contributed by atoms with van der Waals surface area (Å²) in [6.45, 7) is 5.97. The van der Waals surface area contributed by atoms with Crippen LogP contribution < -0.4 is 10.1 Å². The molecule has 188 valence electrons. The smallest absolute Gasteiger partial charge is 0.416 e. The SMILES string of the molecule is Cc1cc2c(c(C)c1-c1ccc(C(F)(F)F)cc1)C(C)C(c1ccc(C(=O)NCCC(=O)O)cc1)O2. The largest absolute Gasteiger partial charge is 0.485 e. The number of carbonyl (C=O) groups excluding carboxylic acids is 1. The van der Waals surface area contributed by atoms with Crippen molar-refractivity contribution in [3.05, 3.63) is 88.0 Å². The first-order valence-electron chi connectivity index (χ1n) is 11.6. The molecule has 3 aromatic rings. The van der Waals surface area contributed by atoms with Gasteiger partial charge in [0, 0.05) is 23.6 Å². The lowest BCUT2D eigenvalue weighted by molar-refractivity contribution is -0.138. The molecule has 2 N–H and O–H groups in total. The fraction of sp³-hybridized carbons (Fsp3) is 0.286. The predicted octanol–water partition coefficient (Wildman–Crippen LogP) is 6.43. The Morgan fingerprint density at radius 2 is 1.67 bits per heavy atom. The van der Waals surface area contributed by atoms with Gasteiger partial charge in [-0.1, -0.05) is 31.2 Å². The van der Waals surface area contributed by atoms with Crippen molar-refractivity contribution in [2.45, 2.75) is 45.4 Å². The van der Waals surface area contributed by atoms with Gasteiger partial charge < -0.3 is 15.2 Å². The highest BCUT2D eigenvalue weighted by atomic mass is 19.4. The first-order valence-corrected chi connectivity index (χ1v) is 11.6. The quantitative estimate of drug-likeness (QED) is 0.412. The van der Waals surface area contributed by atoms with Gasteiger partial charge in [-0.15, -0.1) is 0 Å². The zero-order chi connectivity index (χ0) is 26.2. The number of aliphatic carboxylic acids is 1. The Kier molecular flexibility index (Phi) is 6.80. The molecular weight excluding hydrogens is 471 g/mol. The molecule has 0 spiro atoms. The summed E-state index contributed by atoms with van der Waals surface area (Å²) in [5.41, 5.74) is 5.12. The minimum absolute atomic E-state index is 0.0240. The topological polar surface area (TPSA) is 75.6 Å². The van der Waals surface area contributed by atoms with Gasteiger partial charge in [0.1, 0.15) is 11.9 Å². The number of carboxylic acids is 1. The molecule has 0 saturated heterocycles. The number of benzene rings is 3. The summed E-state index contributed by atoms with van der Waals surface area (Å²) in [5.74, 6) is -0.610. The van der Waals surface area contributed by atoms with Crippen LogP contribution in [0.3, 0.4) is 0 Å². The Hall–Kier alpha value is -3.81. The maximum Gasteiger partial charge on any atom is 0.416 e. The highest BCUT2D eigenvalue weighted by Crippen LogP contribution is 2.50. The van der Waals surface area contributed by atoms with Crippen molar-refractivity contribution >= 4 is 11.9 Å². The van der Waals surface area contributed by atoms with Crippen LogP contribution >= 0.6 is 0 Å². The second-order valence-corrected chi connectivity index (χ2v) is 9.03. The van der Waals surface area contributed by atoms with Crippen molar-refractivity contribution in [3.8, 4) is 16.9 Å². The van der Waals surface area contributed by atoms with Gasteiger partial charge in [-0.3, -0.25) is 9.59 Å². The van der Waals surface area contributed by atoms with Gasteiger partial charge in [-0.05, 0) is 72.0 Å². The summed E-state index contributed by atoms with van der Waals surface area (Å²) in [6, 6.07) is 14.1. The van der Waals surface area contributed by atoms with E-state index < -0.39 is 17.7 Å². The van der Waals surface area contributed by atoms with Gasteiger partial charge >= 0.3 is 12.1 Å². The molecule has 0 radical (unpaired) electrons. The van der Waals surface area contributed by atoms with E-state index in [1.54, 1.807) is 12.1 Å². The molecule has 0 bridgehead atoms. The number of carbonyl (C=O) groups is 2. The van der Waals surface area contributed by atoms with Crippen molar-refractivity contribution < 1.29 is 32.6 Å². The Balaban J connectivity index is 1.57. The highest BCUT2D eigenvalue weighted by molar-refractivity contribution is 5.94. The standard InChI is InChI=1S/C28H26F3NO4/c1-15-14-22-25(16(2)24(15)18-8-10-21(11-9-18)28(29,30)31)17(3)26(36-22)19-4-6-20(7-5-19)27(35)32-13-12-23(33)34/h4-11,14,17,26H,12-13H2,1-3H3,(H,32,35)(H,33,34). The van der Waals surface area contributed by atoms with Crippen LogP contribution in [0.1, 0.15) is 63.5 Å². The van der Waals surface area contributed by atoms with E-state index in [0.717, 1.165) is 51.3 Å². The molecule has 0 aliphatic carbocycles. The third-order valence-corrected chi connectivity index (χ3v) is 6.58. The van der Waals surface area contributed by atoms with Gasteiger partial charge in [-0.2, -0.15) is 13.2 Å². The number of aryl methyl sites for hydroxylation is 1. The minimum atomic E-state index is -4.38. The van der Waals surface area contributed by atoms with Crippen LogP contribution in [-0.4, -0.2) is 23.5 Å². The van der Waals surface area contributed by atoms with Crippen molar-refractivity contribution in [2.75, 3.05) is 6.54 Å². The molecule has 2 unspecified atom stereocenters. The average molecular weight is 498 g/mol. The minimum Gasteiger partial charge on any atom is -0.485 e. The van der Waals surface area contributed by atoms with E-state index in [0.29, 0.717) is 5.56 Å². The van der Waals surface area contributed by atoms with Crippen molar-refractivity contribution in [3.63, 3.8) is 0 Å². The predicted molar refractivity (Wildman–Crippen MR) is 129 cm³/mol. The number of nitrogens with one attached hydrogen (secondary N) is 1. The molecule has 4 rings (SSSR count). The Labute approximate surface area is 206 Å². The van der Waals surface area contributed by atoms with E-state index in [9.17, 15) is 22.8 Å². The Morgan fingerprint density at radius 1 is 1.03 bits per heavy atom. The number of fused-ring (bicyclic) bond motifs is 1. The second-order valence-electron chi connectivity index (χ2n) is 9.03. The van der Waals surface area contributed by atoms with Gasteiger partial charge in [0.25, 0.3) is 5.91 Å². The number of carboxylic acid groups (broad SMARTS) is 1. The molecule has 2 atom stereocenters. The van der Waals surface area contributed by atoms with Crippen LogP contribution in [-0.2, 0) is 11.0 Å². The molecule has 1 amide bonds. The van der Waals surface area contributed by atoms with E-state index in [1.807, 2.05) is 39.0 Å². The van der Waals surface area contributed by atoms with Crippen LogP contribution in [0.5, 0.6) is 5.75 Å². The summed E-state index contributed by atoms with van der Waals surface area (Å²) in [4.78, 5) is 22.9. The summed E-state index contributed by atoms with van der Waals surface area (Å²) in [6.07, 6.45) is -4.82. The summed E-state index contributed by atoms with van der Waals surface area (Å²) in [5, 5.41) is 11.3. The highest BCUT2D eigenvalue weighted by Gasteiger charge is 2.35. The number of rotatable bonds is 6. The fourth-order valence-electron chi connectivity index (χ4n) is 4.85. The lowest BCUT2D eigenvalue weighted by Crippen LogP contribution is -2.26. The van der Waals surface area contributed by atoms with Gasteiger partial charge in [0.2, 0.25) is 0 Å². The molecule has 36 heavy (non-hydrogen) atoms. The van der Waals surface area contributed by atoms with Crippen LogP contribution in [0.4, 0.5) is 13.2 Å². The van der Waals surface area contributed by atoms with Crippen LogP contribution in [0.2, 0.25) is 0 Å². The molecule has 1 aliphatic heterocycles. The maximum absolute atomic E-state index is 13.0. The van der Waals surface area contributed by atoms with Crippen molar-refractivity contribution in [2.24, 2.45) is 0 Å². The molecule has 1 heterocycles. The van der Waals surface area contributed by atoms with Gasteiger partial charge in [-0.25, -0.2) is 0 Å². The fourth-order valence-corrected chi connectivity index (χ4v) is 4.85. The first kappa shape index (κ1) is 25.3. The molecule has 3 aromatic carbocycles. The van der Waals surface area contributed by atoms with Crippen molar-refractivity contribution in [1.29, 1.82) is 0 Å². The van der Waals surface area contributed by atoms with Gasteiger partial charge in [0.15, 0.2) is 0 Å². The number of halogens is 3. The Morgan fingerprint density at radius 3 is 2.25 bits per heavy atom. The molecule has 1 aliphatic rings. The molecular formula is C28H26F3NO4. The molecule has 8 heteroatoms. The van der Waals surface area contributed by atoms with Gasteiger partial charge in [0.05, 0.1) is 12.0 Å². The average Bonchev–Trinajstić information content (AvgIpc) is 3.14. The van der Waals surface area contributed by atoms with E-state index >= 15 is 0 Å². The number of ether oxygens (including phenoxy) is 1. The molecule has 0 fully saturated rings. The second kappa shape index (κ2) is 9.68. The molecule has 0 saturated carbocycles. The molecule has 0 aromatic heterocycles. The van der Waals surface area contributed by atoms with Crippen molar-refractivity contribution in [1.82, 2.24) is 5.32 Å². The lowest BCUT2D eigenvalue weighted by Gasteiger charge is -2.18. The number of alkyl halides is 3. The van der Waals surface area contributed by atoms with Crippen LogP contribution in [0.15, 0.2) is 54.6 Å². The lowest BCUT2D eigenvalue weighted by atomic mass is 9.85. The summed E-state index contributed by atoms with van der Waals surface area (Å²) < 4.78 is 45.3. The third-order valence-electron chi connectivity index (χ3n) is 6.58. The zero-order valence-electron chi connectivity index (χ0n) is 20.1. The Bertz CT molecular complexity index is 1300. The summed E-state index contributed by atoms with van der Waals surface area (Å²) in [7, 11) is 0. The van der Waals surface area contributed by atoms with E-state index in [2.05, 4.69) is 5.32 Å². The van der Waals surface area contributed by atoms with E-state index in [-0.39, 0.29) is 30.9 Å². The maximum atomic E-state index is 13.0. The van der Waals surface area contributed by atoms with E-state index in [4.69, 9.17) is 9.84 Å². The molecule has 5 nitrogen and oxygen atoms in total. The monoisotopic (exact) mass is 497 g/mol. The number of hydrogen-bond acceptors (Lipinski definition) is 3. The summed E-state index contributed by atoms with van der Waals surface area (Å²) >= 11 is 0.